The van der Waals surface area contributed by atoms with Crippen molar-refractivity contribution in [1.29, 1.82) is 0 Å². The van der Waals surface area contributed by atoms with Crippen molar-refractivity contribution in [2.24, 2.45) is 0 Å². The first-order valence-corrected chi connectivity index (χ1v) is 4.79. The molecule has 0 radical (unpaired) electrons. The average molecular weight is 191 g/mol. The summed E-state index contributed by atoms with van der Waals surface area (Å²) in [6.07, 6.45) is 2.50. The minimum absolute atomic E-state index is 0.166. The molecular weight excluding hydrogens is 174 g/mol. The van der Waals surface area contributed by atoms with E-state index in [0.29, 0.717) is 12.2 Å². The Kier molecular flexibility index (Phi) is 3.72. The fraction of sp³-hybridized carbons (Fsp3) is 0.333. The number of para-hydroxylation sites is 1. The summed E-state index contributed by atoms with van der Waals surface area (Å²) in [6.45, 7) is 5.69. The minimum Gasteiger partial charge on any atom is -0.507 e. The number of hydrogen-bond acceptors (Lipinski definition) is 2. The highest BCUT2D eigenvalue weighted by Crippen LogP contribution is 2.27. The first kappa shape index (κ1) is 10.8. The maximum atomic E-state index is 9.93. The molecule has 0 spiro atoms. The molecule has 0 saturated heterocycles. The first-order valence-electron chi connectivity index (χ1n) is 4.79. The maximum Gasteiger partial charge on any atom is 0.123 e. The second-order valence-corrected chi connectivity index (χ2v) is 3.36. The van der Waals surface area contributed by atoms with Crippen molar-refractivity contribution in [3.05, 3.63) is 42.0 Å². The second kappa shape index (κ2) is 4.82. The van der Waals surface area contributed by atoms with Crippen molar-refractivity contribution in [2.75, 3.05) is 7.05 Å². The smallest absolute Gasteiger partial charge is 0.123 e. The molecule has 76 valence electrons. The van der Waals surface area contributed by atoms with E-state index < -0.39 is 0 Å². The van der Waals surface area contributed by atoms with Crippen LogP contribution in [0.3, 0.4) is 0 Å². The predicted molar refractivity (Wildman–Crippen MR) is 59.5 cm³/mol. The van der Waals surface area contributed by atoms with E-state index in [1.165, 1.54) is 0 Å². The molecule has 1 aromatic carbocycles. The van der Waals surface area contributed by atoms with Gasteiger partial charge in [-0.3, -0.25) is 0 Å². The van der Waals surface area contributed by atoms with Gasteiger partial charge in [0.05, 0.1) is 0 Å². The molecule has 0 unspecified atom stereocenters. The summed E-state index contributed by atoms with van der Waals surface area (Å²) in [6, 6.07) is 5.98. The Bertz CT molecular complexity index is 320. The summed E-state index contributed by atoms with van der Waals surface area (Å²) < 4.78 is 0. The highest BCUT2D eigenvalue weighted by atomic mass is 16.3. The summed E-state index contributed by atoms with van der Waals surface area (Å²) in [5.74, 6) is 0.384. The van der Waals surface area contributed by atoms with Crippen molar-refractivity contribution < 1.29 is 5.11 Å². The van der Waals surface area contributed by atoms with E-state index in [0.717, 1.165) is 11.1 Å². The highest BCUT2D eigenvalue weighted by Gasteiger charge is 2.10. The summed E-state index contributed by atoms with van der Waals surface area (Å²) >= 11 is 0. The van der Waals surface area contributed by atoms with Gasteiger partial charge in [0.2, 0.25) is 0 Å². The topological polar surface area (TPSA) is 32.3 Å². The van der Waals surface area contributed by atoms with Crippen molar-refractivity contribution in [2.45, 2.75) is 19.4 Å². The molecule has 0 aliphatic heterocycles. The fourth-order valence-electron chi connectivity index (χ4n) is 1.44. The summed E-state index contributed by atoms with van der Waals surface area (Å²) in [5.41, 5.74) is 1.87. The Morgan fingerprint density at radius 1 is 1.57 bits per heavy atom. The van der Waals surface area contributed by atoms with Crippen molar-refractivity contribution in [1.82, 2.24) is 5.32 Å². The Hall–Kier alpha value is -1.28. The van der Waals surface area contributed by atoms with Crippen LogP contribution in [0.5, 0.6) is 5.75 Å². The van der Waals surface area contributed by atoms with Crippen LogP contribution < -0.4 is 5.32 Å². The summed E-state index contributed by atoms with van der Waals surface area (Å²) in [7, 11) is 1.88. The number of aromatic hydroxyl groups is 1. The van der Waals surface area contributed by atoms with Crippen LogP contribution in [0.15, 0.2) is 30.9 Å². The zero-order chi connectivity index (χ0) is 10.6. The largest absolute Gasteiger partial charge is 0.507 e. The molecular formula is C12H17NO. The van der Waals surface area contributed by atoms with Gasteiger partial charge in [0, 0.05) is 11.6 Å². The van der Waals surface area contributed by atoms with Crippen LogP contribution in [-0.4, -0.2) is 12.2 Å². The molecule has 0 aliphatic carbocycles. The van der Waals surface area contributed by atoms with Crippen LogP contribution >= 0.6 is 0 Å². The summed E-state index contributed by atoms with van der Waals surface area (Å²) in [5, 5.41) is 13.0. The van der Waals surface area contributed by atoms with Crippen molar-refractivity contribution >= 4 is 0 Å². The Balaban J connectivity index is 3.06. The van der Waals surface area contributed by atoms with Gasteiger partial charge < -0.3 is 10.4 Å². The zero-order valence-electron chi connectivity index (χ0n) is 8.75. The van der Waals surface area contributed by atoms with Gasteiger partial charge in [-0.15, -0.1) is 6.58 Å². The lowest BCUT2D eigenvalue weighted by molar-refractivity contribution is 0.452. The molecule has 0 heterocycles. The van der Waals surface area contributed by atoms with Gasteiger partial charge in [-0.25, -0.2) is 0 Å². The van der Waals surface area contributed by atoms with Crippen LogP contribution in [-0.2, 0) is 6.42 Å². The van der Waals surface area contributed by atoms with Gasteiger partial charge in [0.1, 0.15) is 5.75 Å². The molecule has 0 amide bonds. The zero-order valence-corrected chi connectivity index (χ0v) is 8.75. The normalized spacial score (nSPS) is 12.4. The highest BCUT2D eigenvalue weighted by molar-refractivity contribution is 5.42. The molecule has 0 saturated carbocycles. The molecule has 0 aliphatic rings. The molecule has 2 heteroatoms. The van der Waals surface area contributed by atoms with E-state index in [1.807, 2.05) is 32.2 Å². The molecule has 1 atom stereocenters. The third-order valence-electron chi connectivity index (χ3n) is 2.41. The molecule has 0 bridgehead atoms. The van der Waals surface area contributed by atoms with Crippen molar-refractivity contribution in [3.63, 3.8) is 0 Å². The Morgan fingerprint density at radius 2 is 2.29 bits per heavy atom. The van der Waals surface area contributed by atoms with E-state index in [9.17, 15) is 5.11 Å². The molecule has 2 N–H and O–H groups in total. The molecule has 2 nitrogen and oxygen atoms in total. The SMILES string of the molecule is C=CCc1cccc([C@@H](C)NC)c1O. The number of hydrogen-bond donors (Lipinski definition) is 2. The van der Waals surface area contributed by atoms with E-state index >= 15 is 0 Å². The second-order valence-electron chi connectivity index (χ2n) is 3.36. The number of benzene rings is 1. The molecule has 1 rings (SSSR count). The van der Waals surface area contributed by atoms with Crippen LogP contribution in [0.2, 0.25) is 0 Å². The van der Waals surface area contributed by atoms with Gasteiger partial charge in [0.25, 0.3) is 0 Å². The number of nitrogens with one attached hydrogen (secondary N) is 1. The van der Waals surface area contributed by atoms with Crippen LogP contribution in [0.1, 0.15) is 24.1 Å². The lowest BCUT2D eigenvalue weighted by Gasteiger charge is -2.14. The Morgan fingerprint density at radius 3 is 2.86 bits per heavy atom. The van der Waals surface area contributed by atoms with Crippen LogP contribution in [0.4, 0.5) is 0 Å². The maximum absolute atomic E-state index is 9.93. The number of phenols is 1. The third kappa shape index (κ3) is 2.15. The predicted octanol–water partition coefficient (Wildman–Crippen LogP) is 2.40. The van der Waals surface area contributed by atoms with Crippen LogP contribution in [0, 0.1) is 0 Å². The fourth-order valence-corrected chi connectivity index (χ4v) is 1.44. The van der Waals surface area contributed by atoms with E-state index in [2.05, 4.69) is 11.9 Å². The minimum atomic E-state index is 0.166. The van der Waals surface area contributed by atoms with E-state index in [1.54, 1.807) is 6.08 Å². The number of phenolic OH excluding ortho intramolecular Hbond substituents is 1. The lowest BCUT2D eigenvalue weighted by atomic mass is 10.0. The average Bonchev–Trinajstić information content (AvgIpc) is 2.20. The molecule has 0 aromatic heterocycles. The number of rotatable bonds is 4. The standard InChI is InChI=1S/C12H17NO/c1-4-6-10-7-5-8-11(12(10)14)9(2)13-3/h4-5,7-9,13-14H,1,6H2,2-3H3/t9-/m1/s1. The van der Waals surface area contributed by atoms with Gasteiger partial charge in [-0.1, -0.05) is 24.3 Å². The van der Waals surface area contributed by atoms with Gasteiger partial charge in [-0.2, -0.15) is 0 Å². The molecule has 0 fully saturated rings. The Labute approximate surface area is 85.3 Å². The molecule has 14 heavy (non-hydrogen) atoms. The third-order valence-corrected chi connectivity index (χ3v) is 2.41. The van der Waals surface area contributed by atoms with Gasteiger partial charge >= 0.3 is 0 Å². The quantitative estimate of drug-likeness (QED) is 0.716. The van der Waals surface area contributed by atoms with E-state index in [4.69, 9.17) is 0 Å². The van der Waals surface area contributed by atoms with Gasteiger partial charge in [0.15, 0.2) is 0 Å². The van der Waals surface area contributed by atoms with Crippen LogP contribution in [0.25, 0.3) is 0 Å². The van der Waals surface area contributed by atoms with Gasteiger partial charge in [-0.05, 0) is 26.0 Å². The number of allylic oxidation sites excluding steroid dienone is 1. The first-order chi connectivity index (χ1) is 6.70. The van der Waals surface area contributed by atoms with E-state index in [-0.39, 0.29) is 6.04 Å². The molecule has 1 aromatic rings. The van der Waals surface area contributed by atoms with Crippen molar-refractivity contribution in [3.8, 4) is 5.75 Å². The monoisotopic (exact) mass is 191 g/mol. The lowest BCUT2D eigenvalue weighted by Crippen LogP contribution is -2.12. The summed E-state index contributed by atoms with van der Waals surface area (Å²) in [4.78, 5) is 0.